The summed E-state index contributed by atoms with van der Waals surface area (Å²) in [5, 5.41) is 21.0. The number of aliphatic hydroxyl groups excluding tert-OH is 1. The molecule has 8 unspecified atom stereocenters. The fraction of sp³-hybridized carbons (Fsp3) is 0.700. The van der Waals surface area contributed by atoms with E-state index in [9.17, 15) is 10.2 Å². The maximum absolute atomic E-state index is 11.1. The number of aliphatic hydroxyl groups is 2. The van der Waals surface area contributed by atoms with Crippen LogP contribution in [0.4, 0.5) is 0 Å². The maximum Gasteiger partial charge on any atom is 0.220 e. The number of benzene rings is 1. The van der Waals surface area contributed by atoms with Gasteiger partial charge in [-0.05, 0) is 19.4 Å². The Morgan fingerprint density at radius 1 is 0.964 bits per heavy atom. The van der Waals surface area contributed by atoms with Gasteiger partial charge < -0.3 is 38.6 Å². The molecule has 0 bridgehead atoms. The third-order valence-electron chi connectivity index (χ3n) is 6.46. The highest BCUT2D eigenvalue weighted by Crippen LogP contribution is 2.59. The van der Waals surface area contributed by atoms with Crippen LogP contribution in [0.2, 0.25) is 0 Å². The molecule has 1 aromatic carbocycles. The molecule has 3 aliphatic rings. The Bertz CT molecular complexity index is 701. The van der Waals surface area contributed by atoms with Crippen LogP contribution in [0.1, 0.15) is 19.4 Å². The highest BCUT2D eigenvalue weighted by molar-refractivity contribution is 5.16. The summed E-state index contributed by atoms with van der Waals surface area (Å²) in [6.45, 7) is 3.43. The van der Waals surface area contributed by atoms with Crippen LogP contribution >= 0.6 is 0 Å². The molecule has 0 amide bonds. The van der Waals surface area contributed by atoms with Crippen molar-refractivity contribution in [3.8, 4) is 0 Å². The summed E-state index contributed by atoms with van der Waals surface area (Å²) in [5.74, 6) is -5.27. The van der Waals surface area contributed by atoms with Gasteiger partial charge in [0.1, 0.15) is 6.10 Å². The largest absolute Gasteiger partial charge is 0.396 e. The number of rotatable bonds is 6. The minimum absolute atomic E-state index is 0.327. The van der Waals surface area contributed by atoms with Gasteiger partial charge >= 0.3 is 0 Å². The second-order valence-electron chi connectivity index (χ2n) is 7.81. The number of ether oxygens (including phenoxy) is 6. The highest BCUT2D eigenvalue weighted by atomic mass is 16.8. The molecule has 2 N–H and O–H groups in total. The summed E-state index contributed by atoms with van der Waals surface area (Å²) in [6, 6.07) is 9.69. The topological polar surface area (TPSA) is 95.8 Å². The molecule has 2 saturated heterocycles. The summed E-state index contributed by atoms with van der Waals surface area (Å²) in [5.41, 5.74) is 0.990. The van der Waals surface area contributed by atoms with Gasteiger partial charge in [0.15, 0.2) is 12.1 Å². The molecule has 0 radical (unpaired) electrons. The Morgan fingerprint density at radius 3 is 2.14 bits per heavy atom. The van der Waals surface area contributed by atoms with E-state index >= 15 is 0 Å². The van der Waals surface area contributed by atoms with Crippen molar-refractivity contribution in [1.82, 2.24) is 0 Å². The molecule has 0 spiro atoms. The average molecular weight is 396 g/mol. The second-order valence-corrected chi connectivity index (χ2v) is 7.81. The van der Waals surface area contributed by atoms with Crippen molar-refractivity contribution >= 4 is 0 Å². The van der Waals surface area contributed by atoms with E-state index < -0.39 is 47.7 Å². The van der Waals surface area contributed by atoms with Gasteiger partial charge in [0.2, 0.25) is 11.6 Å². The van der Waals surface area contributed by atoms with E-state index in [1.807, 2.05) is 30.3 Å². The molecular formula is C20H28O8. The molecule has 1 aliphatic carbocycles. The minimum Gasteiger partial charge on any atom is -0.396 e. The SMILES string of the molecule is COC1(C)OC2C(OC1(C)OC)C1C(OCc3ccccc3)OC1(O)C2CO. The van der Waals surface area contributed by atoms with Crippen LogP contribution in [0.5, 0.6) is 0 Å². The summed E-state index contributed by atoms with van der Waals surface area (Å²) < 4.78 is 35.2. The molecule has 0 aromatic heterocycles. The van der Waals surface area contributed by atoms with Crippen LogP contribution in [0.25, 0.3) is 0 Å². The lowest BCUT2D eigenvalue weighted by Gasteiger charge is -2.53. The van der Waals surface area contributed by atoms with Gasteiger partial charge in [0.05, 0.1) is 31.2 Å². The van der Waals surface area contributed by atoms with E-state index in [0.717, 1.165) is 5.56 Å². The van der Waals surface area contributed by atoms with Gasteiger partial charge in [-0.1, -0.05) is 30.3 Å². The van der Waals surface area contributed by atoms with Gasteiger partial charge in [-0.25, -0.2) is 0 Å². The molecule has 8 nitrogen and oxygen atoms in total. The minimum atomic E-state index is -1.60. The summed E-state index contributed by atoms with van der Waals surface area (Å²) in [4.78, 5) is 0. The maximum atomic E-state index is 11.1. The normalized spacial score (nSPS) is 47.3. The van der Waals surface area contributed by atoms with E-state index in [2.05, 4.69) is 0 Å². The van der Waals surface area contributed by atoms with Crippen molar-refractivity contribution in [3.63, 3.8) is 0 Å². The Balaban J connectivity index is 1.57. The first-order chi connectivity index (χ1) is 13.3. The number of methoxy groups -OCH3 is 2. The lowest BCUT2D eigenvalue weighted by molar-refractivity contribution is -0.466. The third kappa shape index (κ3) is 2.75. The number of hydrogen-bond acceptors (Lipinski definition) is 8. The quantitative estimate of drug-likeness (QED) is 0.735. The zero-order valence-corrected chi connectivity index (χ0v) is 16.5. The van der Waals surface area contributed by atoms with Crippen molar-refractivity contribution < 1.29 is 38.6 Å². The molecule has 2 heterocycles. The van der Waals surface area contributed by atoms with Gasteiger partial charge in [0.25, 0.3) is 0 Å². The first-order valence-electron chi connectivity index (χ1n) is 9.44. The average Bonchev–Trinajstić information content (AvgIpc) is 2.86. The fourth-order valence-electron chi connectivity index (χ4n) is 4.47. The monoisotopic (exact) mass is 396 g/mol. The first-order valence-corrected chi connectivity index (χ1v) is 9.44. The number of fused-ring (bicyclic) bond motifs is 3. The predicted octanol–water partition coefficient (Wildman–Crippen LogP) is 0.996. The standard InChI is InChI=1S/C20H28O8/c1-18(23-3)19(2,24-4)27-16-14-17(25-11-12-8-6-5-7-9-12)28-20(14,22)13(10-21)15(16)26-18/h5-9,13-17,21-22H,10-11H2,1-4H3. The van der Waals surface area contributed by atoms with Crippen LogP contribution in [0.15, 0.2) is 30.3 Å². The van der Waals surface area contributed by atoms with Crippen molar-refractivity contribution in [2.75, 3.05) is 20.8 Å². The van der Waals surface area contributed by atoms with Gasteiger partial charge in [-0.3, -0.25) is 0 Å². The lowest BCUT2D eigenvalue weighted by atomic mass is 9.89. The Hall–Kier alpha value is -1.10. The third-order valence-corrected chi connectivity index (χ3v) is 6.46. The van der Waals surface area contributed by atoms with Crippen LogP contribution < -0.4 is 0 Å². The van der Waals surface area contributed by atoms with Crippen LogP contribution in [0, 0.1) is 11.8 Å². The molecule has 8 heteroatoms. The predicted molar refractivity (Wildman–Crippen MR) is 95.7 cm³/mol. The zero-order valence-electron chi connectivity index (χ0n) is 16.5. The van der Waals surface area contributed by atoms with E-state index in [4.69, 9.17) is 28.4 Å². The molecule has 3 fully saturated rings. The molecular weight excluding hydrogens is 368 g/mol. The van der Waals surface area contributed by atoms with Crippen molar-refractivity contribution in [3.05, 3.63) is 35.9 Å². The Labute approximate surface area is 164 Å². The van der Waals surface area contributed by atoms with Crippen molar-refractivity contribution in [2.45, 2.75) is 56.3 Å². The second kappa shape index (κ2) is 7.00. The number of hydrogen-bond donors (Lipinski definition) is 2. The van der Waals surface area contributed by atoms with E-state index in [1.54, 1.807) is 13.8 Å². The van der Waals surface area contributed by atoms with E-state index in [1.165, 1.54) is 14.2 Å². The summed E-state index contributed by atoms with van der Waals surface area (Å²) in [7, 11) is 3.00. The lowest BCUT2D eigenvalue weighted by Crippen LogP contribution is -2.67. The van der Waals surface area contributed by atoms with Gasteiger partial charge in [-0.15, -0.1) is 0 Å². The van der Waals surface area contributed by atoms with Gasteiger partial charge in [0, 0.05) is 14.2 Å². The molecule has 156 valence electrons. The van der Waals surface area contributed by atoms with Gasteiger partial charge in [-0.2, -0.15) is 0 Å². The Morgan fingerprint density at radius 2 is 1.57 bits per heavy atom. The van der Waals surface area contributed by atoms with E-state index in [0.29, 0.717) is 6.61 Å². The fourth-order valence-corrected chi connectivity index (χ4v) is 4.47. The smallest absolute Gasteiger partial charge is 0.220 e. The summed E-state index contributed by atoms with van der Waals surface area (Å²) >= 11 is 0. The van der Waals surface area contributed by atoms with Crippen LogP contribution in [-0.4, -0.2) is 66.9 Å². The van der Waals surface area contributed by atoms with E-state index in [-0.39, 0.29) is 6.61 Å². The molecule has 8 atom stereocenters. The van der Waals surface area contributed by atoms with Crippen LogP contribution in [-0.2, 0) is 35.0 Å². The summed E-state index contributed by atoms with van der Waals surface area (Å²) in [6.07, 6.45) is -1.92. The Kier molecular flexibility index (Phi) is 5.05. The zero-order chi connectivity index (χ0) is 20.2. The molecule has 1 saturated carbocycles. The van der Waals surface area contributed by atoms with Crippen molar-refractivity contribution in [1.29, 1.82) is 0 Å². The molecule has 2 aliphatic heterocycles. The molecule has 1 aromatic rings. The highest BCUT2D eigenvalue weighted by Gasteiger charge is 2.76. The molecule has 28 heavy (non-hydrogen) atoms. The molecule has 4 rings (SSSR count). The van der Waals surface area contributed by atoms with Crippen molar-refractivity contribution in [2.24, 2.45) is 11.8 Å². The van der Waals surface area contributed by atoms with Crippen LogP contribution in [0.3, 0.4) is 0 Å². The first kappa shape index (κ1) is 20.2.